The van der Waals surface area contributed by atoms with Crippen LogP contribution in [-0.2, 0) is 11.0 Å². The van der Waals surface area contributed by atoms with Gasteiger partial charge in [0.1, 0.15) is 17.9 Å². The molecule has 0 aliphatic carbocycles. The van der Waals surface area contributed by atoms with Crippen molar-refractivity contribution >= 4 is 52.9 Å². The third-order valence-electron chi connectivity index (χ3n) is 6.80. The van der Waals surface area contributed by atoms with Crippen molar-refractivity contribution in [2.75, 3.05) is 62.7 Å². The van der Waals surface area contributed by atoms with Crippen LogP contribution in [0.2, 0.25) is 5.02 Å². The Bertz CT molecular complexity index is 1330. The zero-order chi connectivity index (χ0) is 25.4. The molecule has 0 saturated carbocycles. The number of fused-ring (bicyclic) bond motifs is 1. The van der Waals surface area contributed by atoms with Gasteiger partial charge in [-0.15, -0.1) is 0 Å². The maximum atomic E-state index is 12.8. The highest BCUT2D eigenvalue weighted by Crippen LogP contribution is 2.42. The lowest BCUT2D eigenvalue weighted by molar-refractivity contribution is 0.315. The van der Waals surface area contributed by atoms with Gasteiger partial charge in [0.2, 0.25) is 5.95 Å². The molecule has 1 aromatic heterocycles. The van der Waals surface area contributed by atoms with E-state index in [4.69, 9.17) is 16.3 Å². The molecule has 1 atom stereocenters. The van der Waals surface area contributed by atoms with E-state index < -0.39 is 7.14 Å². The van der Waals surface area contributed by atoms with Crippen molar-refractivity contribution in [3.8, 4) is 5.75 Å². The average Bonchev–Trinajstić information content (AvgIpc) is 3.52. The molecule has 0 bridgehead atoms. The van der Waals surface area contributed by atoms with Crippen molar-refractivity contribution in [1.82, 2.24) is 14.9 Å². The Labute approximate surface area is 217 Å². The molecule has 2 N–H and O–H groups in total. The van der Waals surface area contributed by atoms with Crippen LogP contribution < -0.4 is 25.6 Å². The first-order valence-electron chi connectivity index (χ1n) is 12.1. The summed E-state index contributed by atoms with van der Waals surface area (Å²) in [5.41, 5.74) is 4.02. The molecule has 0 radical (unpaired) electrons. The topological polar surface area (TPSA) is 82.6 Å². The predicted molar refractivity (Wildman–Crippen MR) is 149 cm³/mol. The third kappa shape index (κ3) is 5.03. The molecule has 2 aliphatic rings. The van der Waals surface area contributed by atoms with E-state index >= 15 is 0 Å². The van der Waals surface area contributed by atoms with Crippen molar-refractivity contribution in [3.05, 3.63) is 53.2 Å². The van der Waals surface area contributed by atoms with Gasteiger partial charge in [-0.25, -0.2) is 4.98 Å². The molecule has 2 aromatic carbocycles. The lowest BCUT2D eigenvalue weighted by atomic mass is 10.1. The maximum Gasteiger partial charge on any atom is 0.229 e. The van der Waals surface area contributed by atoms with Crippen LogP contribution in [0, 0.1) is 0 Å². The number of nitrogens with one attached hydrogen (secondary N) is 2. The summed E-state index contributed by atoms with van der Waals surface area (Å²) in [5, 5.41) is 7.69. The minimum atomic E-state index is -2.50. The lowest BCUT2D eigenvalue weighted by Crippen LogP contribution is -2.31. The fourth-order valence-corrected chi connectivity index (χ4v) is 6.16. The molecule has 10 heteroatoms. The molecule has 1 unspecified atom stereocenters. The van der Waals surface area contributed by atoms with E-state index in [0.717, 1.165) is 42.7 Å². The minimum absolute atomic E-state index is 0.374. The molecule has 36 heavy (non-hydrogen) atoms. The molecule has 1 saturated heterocycles. The Hall–Kier alpha value is -2.80. The van der Waals surface area contributed by atoms with E-state index in [0.29, 0.717) is 35.1 Å². The van der Waals surface area contributed by atoms with Crippen LogP contribution in [0.15, 0.2) is 42.6 Å². The Morgan fingerprint density at radius 1 is 1.14 bits per heavy atom. The van der Waals surface area contributed by atoms with Gasteiger partial charge < -0.3 is 29.7 Å². The minimum Gasteiger partial charge on any atom is -0.491 e. The molecule has 8 nitrogen and oxygen atoms in total. The zero-order valence-electron chi connectivity index (χ0n) is 21.1. The van der Waals surface area contributed by atoms with E-state index in [9.17, 15) is 4.57 Å². The first-order chi connectivity index (χ1) is 17.2. The Kier molecular flexibility index (Phi) is 6.86. The number of hydrogen-bond donors (Lipinski definition) is 2. The molecule has 1 fully saturated rings. The highest BCUT2D eigenvalue weighted by molar-refractivity contribution is 7.70. The highest BCUT2D eigenvalue weighted by atomic mass is 35.5. The summed E-state index contributed by atoms with van der Waals surface area (Å²) in [5.74, 6) is 1.70. The SMILES string of the molecule is CN(C)C1CCN(c2ccc(Nc3ncc(Cl)c(Nc4ccccc4P(C)(C)=O)n3)c3c2CCO3)C1. The fraction of sp³-hybridized carbons (Fsp3) is 0.385. The van der Waals surface area contributed by atoms with Gasteiger partial charge in [-0.1, -0.05) is 23.7 Å². The van der Waals surface area contributed by atoms with E-state index in [1.807, 2.05) is 30.3 Å². The summed E-state index contributed by atoms with van der Waals surface area (Å²) < 4.78 is 18.8. The molecule has 3 heterocycles. The average molecular weight is 527 g/mol. The second-order valence-electron chi connectivity index (χ2n) is 9.90. The van der Waals surface area contributed by atoms with Gasteiger partial charge in [0.25, 0.3) is 0 Å². The number of likely N-dealkylation sites (N-methyl/N-ethyl adjacent to an activating group) is 1. The van der Waals surface area contributed by atoms with Crippen LogP contribution in [-0.4, -0.2) is 68.0 Å². The zero-order valence-corrected chi connectivity index (χ0v) is 22.7. The van der Waals surface area contributed by atoms with Crippen molar-refractivity contribution in [2.45, 2.75) is 18.9 Å². The first-order valence-corrected chi connectivity index (χ1v) is 15.1. The van der Waals surface area contributed by atoms with Crippen molar-refractivity contribution in [1.29, 1.82) is 0 Å². The standard InChI is InChI=1S/C26H32ClN6O2P/c1-32(2)17-11-13-33(16-17)22-10-9-21(24-18(22)12-14-35-24)30-26-28-15-19(27)25(31-26)29-20-7-5-6-8-23(20)36(3,4)34/h5-10,15,17H,11-14,16H2,1-4H3,(H2,28,29,30,31). The number of ether oxygens (including phenoxy) is 1. The number of anilines is 5. The van der Waals surface area contributed by atoms with Gasteiger partial charge in [0, 0.05) is 42.1 Å². The smallest absolute Gasteiger partial charge is 0.229 e. The summed E-state index contributed by atoms with van der Waals surface area (Å²) in [6.07, 6.45) is 3.59. The summed E-state index contributed by atoms with van der Waals surface area (Å²) in [6.45, 7) is 6.21. The van der Waals surface area contributed by atoms with Crippen LogP contribution in [0.5, 0.6) is 5.75 Å². The van der Waals surface area contributed by atoms with Crippen molar-refractivity contribution < 1.29 is 9.30 Å². The van der Waals surface area contributed by atoms with E-state index in [1.165, 1.54) is 11.3 Å². The second kappa shape index (κ2) is 9.92. The number of halogens is 1. The first kappa shape index (κ1) is 24.9. The Balaban J connectivity index is 1.40. The van der Waals surface area contributed by atoms with Crippen LogP contribution in [0.3, 0.4) is 0 Å². The molecule has 0 amide bonds. The summed E-state index contributed by atoms with van der Waals surface area (Å²) in [6, 6.07) is 12.3. The largest absolute Gasteiger partial charge is 0.491 e. The molecule has 190 valence electrons. The summed E-state index contributed by atoms with van der Waals surface area (Å²) in [7, 11) is 1.79. The van der Waals surface area contributed by atoms with Gasteiger partial charge in [-0.3, -0.25) is 0 Å². The number of benzene rings is 2. The number of rotatable bonds is 7. The van der Waals surface area contributed by atoms with Crippen LogP contribution in [0.1, 0.15) is 12.0 Å². The van der Waals surface area contributed by atoms with E-state index in [1.54, 1.807) is 19.5 Å². The normalized spacial score (nSPS) is 17.3. The molecule has 3 aromatic rings. The predicted octanol–water partition coefficient (Wildman–Crippen LogP) is 4.94. The molecular weight excluding hydrogens is 495 g/mol. The van der Waals surface area contributed by atoms with Crippen molar-refractivity contribution in [3.63, 3.8) is 0 Å². The van der Waals surface area contributed by atoms with Gasteiger partial charge in [0.15, 0.2) is 5.82 Å². The maximum absolute atomic E-state index is 12.8. The third-order valence-corrected chi connectivity index (χ3v) is 8.62. The summed E-state index contributed by atoms with van der Waals surface area (Å²) in [4.78, 5) is 13.8. The van der Waals surface area contributed by atoms with Gasteiger partial charge >= 0.3 is 0 Å². The quantitative estimate of drug-likeness (QED) is 0.419. The number of hydrogen-bond acceptors (Lipinski definition) is 8. The Morgan fingerprint density at radius 3 is 2.69 bits per heavy atom. The highest BCUT2D eigenvalue weighted by Gasteiger charge is 2.29. The second-order valence-corrected chi connectivity index (χ2v) is 13.5. The monoisotopic (exact) mass is 526 g/mol. The van der Waals surface area contributed by atoms with E-state index in [2.05, 4.69) is 50.6 Å². The molecule has 0 spiro atoms. The Morgan fingerprint density at radius 2 is 1.94 bits per heavy atom. The van der Waals surface area contributed by atoms with Gasteiger partial charge in [-0.05, 0) is 58.1 Å². The van der Waals surface area contributed by atoms with Crippen molar-refractivity contribution in [2.24, 2.45) is 0 Å². The van der Waals surface area contributed by atoms with Crippen LogP contribution in [0.4, 0.5) is 28.8 Å². The molecule has 5 rings (SSSR count). The van der Waals surface area contributed by atoms with Crippen LogP contribution >= 0.6 is 18.7 Å². The van der Waals surface area contributed by atoms with E-state index in [-0.39, 0.29) is 0 Å². The molecular formula is C26H32ClN6O2P. The number of para-hydroxylation sites is 1. The fourth-order valence-electron chi connectivity index (χ4n) is 4.87. The van der Waals surface area contributed by atoms with Gasteiger partial charge in [0.05, 0.1) is 24.2 Å². The van der Waals surface area contributed by atoms with Crippen LogP contribution in [0.25, 0.3) is 0 Å². The number of nitrogens with zero attached hydrogens (tertiary/aromatic N) is 4. The number of aromatic nitrogens is 2. The molecule has 2 aliphatic heterocycles. The summed E-state index contributed by atoms with van der Waals surface area (Å²) >= 11 is 6.42. The van der Waals surface area contributed by atoms with Gasteiger partial charge in [-0.2, -0.15) is 4.98 Å². The lowest BCUT2D eigenvalue weighted by Gasteiger charge is -2.24.